The predicted molar refractivity (Wildman–Crippen MR) is 55.4 cm³/mol. The first-order valence-corrected chi connectivity index (χ1v) is 5.64. The molecule has 0 aliphatic heterocycles. The lowest BCUT2D eigenvalue weighted by Crippen LogP contribution is -2.23. The monoisotopic (exact) mass is 260 g/mol. The van der Waals surface area contributed by atoms with Gasteiger partial charge in [-0.2, -0.15) is 18.4 Å². The van der Waals surface area contributed by atoms with E-state index in [0.717, 1.165) is 16.8 Å². The van der Waals surface area contributed by atoms with Gasteiger partial charge in [-0.3, -0.25) is 4.79 Å². The van der Waals surface area contributed by atoms with Crippen LogP contribution in [0.4, 0.5) is 13.2 Å². The minimum absolute atomic E-state index is 0.150. The number of nitrogens with zero attached hydrogens (tertiary/aromatic N) is 2. The van der Waals surface area contributed by atoms with Gasteiger partial charge in [0.25, 0.3) is 5.56 Å². The number of pyridine rings is 1. The molecule has 1 heterocycles. The SMILES string of the molecule is N#CSc1cc(C(F)(F)F)cn(C2CC2)c1=O. The molecule has 0 radical (unpaired) electrons. The van der Waals surface area contributed by atoms with Crippen LogP contribution in [0.1, 0.15) is 24.4 Å². The van der Waals surface area contributed by atoms with Gasteiger partial charge in [-0.1, -0.05) is 0 Å². The summed E-state index contributed by atoms with van der Waals surface area (Å²) in [5.74, 6) is 0. The lowest BCUT2D eigenvalue weighted by atomic mass is 10.2. The van der Waals surface area contributed by atoms with Gasteiger partial charge in [0.15, 0.2) is 0 Å². The lowest BCUT2D eigenvalue weighted by Gasteiger charge is -2.11. The summed E-state index contributed by atoms with van der Waals surface area (Å²) in [4.78, 5) is 11.6. The molecule has 1 aromatic heterocycles. The first-order chi connectivity index (χ1) is 7.93. The predicted octanol–water partition coefficient (Wildman–Crippen LogP) is 2.78. The molecule has 0 N–H and O–H groups in total. The van der Waals surface area contributed by atoms with Crippen molar-refractivity contribution in [3.05, 3.63) is 28.2 Å². The molecule has 0 bridgehead atoms. The van der Waals surface area contributed by atoms with Crippen molar-refractivity contribution in [2.24, 2.45) is 0 Å². The van der Waals surface area contributed by atoms with Crippen molar-refractivity contribution in [2.75, 3.05) is 0 Å². The molecule has 0 atom stereocenters. The average molecular weight is 260 g/mol. The maximum absolute atomic E-state index is 12.6. The highest BCUT2D eigenvalue weighted by Crippen LogP contribution is 2.36. The van der Waals surface area contributed by atoms with Crippen LogP contribution >= 0.6 is 11.8 Å². The number of halogens is 3. The Balaban J connectivity index is 2.57. The average Bonchev–Trinajstić information content (AvgIpc) is 3.03. The number of aromatic nitrogens is 1. The Kier molecular flexibility index (Phi) is 2.91. The van der Waals surface area contributed by atoms with E-state index in [0.29, 0.717) is 24.6 Å². The van der Waals surface area contributed by atoms with Crippen LogP contribution in [0.25, 0.3) is 0 Å². The van der Waals surface area contributed by atoms with Crippen LogP contribution in [-0.4, -0.2) is 4.57 Å². The second-order valence-electron chi connectivity index (χ2n) is 3.73. The second-order valence-corrected chi connectivity index (χ2v) is 4.55. The summed E-state index contributed by atoms with van der Waals surface area (Å²) >= 11 is 0.464. The largest absolute Gasteiger partial charge is 0.417 e. The topological polar surface area (TPSA) is 45.8 Å². The van der Waals surface area contributed by atoms with Crippen LogP contribution in [0.2, 0.25) is 0 Å². The van der Waals surface area contributed by atoms with E-state index in [1.807, 2.05) is 0 Å². The Morgan fingerprint density at radius 1 is 1.47 bits per heavy atom. The van der Waals surface area contributed by atoms with E-state index in [1.165, 1.54) is 0 Å². The zero-order valence-electron chi connectivity index (χ0n) is 8.49. The first kappa shape index (κ1) is 12.0. The lowest BCUT2D eigenvalue weighted by molar-refractivity contribution is -0.138. The third-order valence-corrected chi connectivity index (χ3v) is 3.04. The second kappa shape index (κ2) is 4.11. The number of nitriles is 1. The standard InChI is InChI=1S/C10H7F3N2OS/c11-10(12,13)6-3-8(17-5-14)9(16)15(4-6)7-1-2-7/h3-4,7H,1-2H2. The summed E-state index contributed by atoms with van der Waals surface area (Å²) < 4.78 is 38.9. The number of thiocyanates is 1. The molecule has 1 aliphatic rings. The molecule has 90 valence electrons. The van der Waals surface area contributed by atoms with Gasteiger partial charge in [0.2, 0.25) is 0 Å². The van der Waals surface area contributed by atoms with Crippen molar-refractivity contribution < 1.29 is 13.2 Å². The molecule has 0 saturated heterocycles. The molecular weight excluding hydrogens is 253 g/mol. The van der Waals surface area contributed by atoms with Gasteiger partial charge in [0.1, 0.15) is 5.40 Å². The molecule has 1 aromatic rings. The summed E-state index contributed by atoms with van der Waals surface area (Å²) in [5, 5.41) is 10.1. The highest BCUT2D eigenvalue weighted by atomic mass is 32.2. The molecule has 0 aromatic carbocycles. The van der Waals surface area contributed by atoms with Crippen molar-refractivity contribution in [2.45, 2.75) is 30.0 Å². The van der Waals surface area contributed by atoms with Crippen LogP contribution in [0.3, 0.4) is 0 Å². The maximum Gasteiger partial charge on any atom is 0.417 e. The van der Waals surface area contributed by atoms with Crippen molar-refractivity contribution in [3.8, 4) is 5.40 Å². The van der Waals surface area contributed by atoms with Crippen LogP contribution in [-0.2, 0) is 6.18 Å². The molecule has 1 saturated carbocycles. The number of hydrogen-bond donors (Lipinski definition) is 0. The van der Waals surface area contributed by atoms with E-state index >= 15 is 0 Å². The molecule has 0 spiro atoms. The number of rotatable bonds is 2. The molecule has 1 aliphatic carbocycles. The molecule has 1 fully saturated rings. The summed E-state index contributed by atoms with van der Waals surface area (Å²) in [6.45, 7) is 0. The third-order valence-electron chi connectivity index (χ3n) is 2.43. The maximum atomic E-state index is 12.6. The van der Waals surface area contributed by atoms with Crippen LogP contribution in [0.15, 0.2) is 22.0 Å². The van der Waals surface area contributed by atoms with Gasteiger partial charge in [0.05, 0.1) is 10.5 Å². The van der Waals surface area contributed by atoms with Gasteiger partial charge in [-0.25, -0.2) is 0 Å². The Morgan fingerprint density at radius 3 is 2.59 bits per heavy atom. The van der Waals surface area contributed by atoms with E-state index in [-0.39, 0.29) is 10.9 Å². The summed E-state index contributed by atoms with van der Waals surface area (Å²) in [6.07, 6.45) is -2.26. The van der Waals surface area contributed by atoms with Gasteiger partial charge < -0.3 is 4.57 Å². The van der Waals surface area contributed by atoms with Crippen molar-refractivity contribution in [3.63, 3.8) is 0 Å². The van der Waals surface area contributed by atoms with Gasteiger partial charge >= 0.3 is 6.18 Å². The molecule has 3 nitrogen and oxygen atoms in total. The van der Waals surface area contributed by atoms with Gasteiger partial charge in [-0.15, -0.1) is 0 Å². The Labute approximate surface area is 98.9 Å². The number of hydrogen-bond acceptors (Lipinski definition) is 3. The van der Waals surface area contributed by atoms with Crippen molar-refractivity contribution in [1.29, 1.82) is 5.26 Å². The van der Waals surface area contributed by atoms with E-state index in [4.69, 9.17) is 5.26 Å². The molecule has 0 amide bonds. The molecule has 2 rings (SSSR count). The van der Waals surface area contributed by atoms with Gasteiger partial charge in [0, 0.05) is 12.2 Å². The smallest absolute Gasteiger partial charge is 0.311 e. The van der Waals surface area contributed by atoms with Crippen LogP contribution in [0, 0.1) is 10.7 Å². The molecule has 17 heavy (non-hydrogen) atoms. The van der Waals surface area contributed by atoms with Crippen LogP contribution < -0.4 is 5.56 Å². The van der Waals surface area contributed by atoms with E-state index in [2.05, 4.69) is 0 Å². The summed E-state index contributed by atoms with van der Waals surface area (Å²) in [7, 11) is 0. The van der Waals surface area contributed by atoms with E-state index in [9.17, 15) is 18.0 Å². The minimum Gasteiger partial charge on any atom is -0.311 e. The van der Waals surface area contributed by atoms with E-state index < -0.39 is 17.3 Å². The zero-order valence-corrected chi connectivity index (χ0v) is 9.31. The van der Waals surface area contributed by atoms with Crippen molar-refractivity contribution in [1.82, 2.24) is 4.57 Å². The van der Waals surface area contributed by atoms with Crippen LogP contribution in [0.5, 0.6) is 0 Å². The highest BCUT2D eigenvalue weighted by Gasteiger charge is 2.34. The zero-order chi connectivity index (χ0) is 12.6. The minimum atomic E-state index is -4.50. The van der Waals surface area contributed by atoms with E-state index in [1.54, 1.807) is 5.40 Å². The Hall–Kier alpha value is -1.42. The highest BCUT2D eigenvalue weighted by molar-refractivity contribution is 8.03. The van der Waals surface area contributed by atoms with Crippen molar-refractivity contribution >= 4 is 11.8 Å². The third kappa shape index (κ3) is 2.47. The Morgan fingerprint density at radius 2 is 2.12 bits per heavy atom. The normalized spacial score (nSPS) is 15.6. The molecular formula is C10H7F3N2OS. The van der Waals surface area contributed by atoms with Gasteiger partial charge in [-0.05, 0) is 30.7 Å². The summed E-state index contributed by atoms with van der Waals surface area (Å²) in [6, 6.07) is 0.581. The fourth-order valence-electron chi connectivity index (χ4n) is 1.48. The molecule has 0 unspecified atom stereocenters. The first-order valence-electron chi connectivity index (χ1n) is 4.83. The Bertz CT molecular complexity index is 540. The number of thioether (sulfide) groups is 1. The fourth-order valence-corrected chi connectivity index (χ4v) is 1.95. The molecule has 7 heteroatoms. The summed E-state index contributed by atoms with van der Waals surface area (Å²) in [5.41, 5.74) is -1.41. The number of alkyl halides is 3. The quantitative estimate of drug-likeness (QED) is 0.606. The fraction of sp³-hybridized carbons (Fsp3) is 0.400.